The average Bonchev–Trinajstić information content (AvgIpc) is 2.64. The lowest BCUT2D eigenvalue weighted by molar-refractivity contribution is -0.137. The Morgan fingerprint density at radius 1 is 1.32 bits per heavy atom. The lowest BCUT2D eigenvalue weighted by Crippen LogP contribution is -2.52. The molecule has 0 aliphatic carbocycles. The molecule has 0 saturated carbocycles. The smallest absolute Gasteiger partial charge is 0.255 e. The van der Waals surface area contributed by atoms with Crippen molar-refractivity contribution in [3.63, 3.8) is 0 Å². The summed E-state index contributed by atoms with van der Waals surface area (Å²) in [6.07, 6.45) is 3.87. The number of amides is 2. The van der Waals surface area contributed by atoms with Gasteiger partial charge in [0, 0.05) is 38.5 Å². The van der Waals surface area contributed by atoms with Gasteiger partial charge in [0.15, 0.2) is 18.1 Å². The number of piperidine rings is 2. The van der Waals surface area contributed by atoms with Crippen LogP contribution in [0.1, 0.15) is 31.2 Å². The third-order valence-electron chi connectivity index (χ3n) is 5.66. The standard InChI is InChI=1S/C20H28ClN3O4/c1-23-12-20(6-4-18(23)26)5-3-7-24(13-20)10-14-8-15(21)19(16(9-14)27-2)28-11-17(22)25/h8-9H,3-7,10-13H2,1-2H3,(H2,22,25)/t20-/m0/s1. The normalized spacial score (nSPS) is 23.1. The van der Waals surface area contributed by atoms with Crippen molar-refractivity contribution in [2.75, 3.05) is 40.4 Å². The number of likely N-dealkylation sites (tertiary alicyclic amines) is 2. The van der Waals surface area contributed by atoms with Crippen LogP contribution in [0.25, 0.3) is 0 Å². The van der Waals surface area contributed by atoms with Gasteiger partial charge in [-0.3, -0.25) is 14.5 Å². The molecule has 8 heteroatoms. The summed E-state index contributed by atoms with van der Waals surface area (Å²) in [4.78, 5) is 27.1. The zero-order valence-electron chi connectivity index (χ0n) is 16.5. The van der Waals surface area contributed by atoms with E-state index in [1.165, 1.54) is 7.11 Å². The second kappa shape index (κ2) is 8.57. The first-order chi connectivity index (χ1) is 13.3. The minimum atomic E-state index is -0.572. The fourth-order valence-corrected chi connectivity index (χ4v) is 4.71. The van der Waals surface area contributed by atoms with Crippen LogP contribution in [0.3, 0.4) is 0 Å². The summed E-state index contributed by atoms with van der Waals surface area (Å²) < 4.78 is 10.8. The number of hydrogen-bond donors (Lipinski definition) is 1. The van der Waals surface area contributed by atoms with Crippen LogP contribution in [-0.4, -0.2) is 62.0 Å². The van der Waals surface area contributed by atoms with Crippen molar-refractivity contribution >= 4 is 23.4 Å². The van der Waals surface area contributed by atoms with Crippen molar-refractivity contribution in [1.29, 1.82) is 0 Å². The Labute approximate surface area is 170 Å². The van der Waals surface area contributed by atoms with E-state index in [9.17, 15) is 9.59 Å². The van der Waals surface area contributed by atoms with Gasteiger partial charge in [0.2, 0.25) is 5.91 Å². The van der Waals surface area contributed by atoms with Crippen molar-refractivity contribution in [3.05, 3.63) is 22.7 Å². The summed E-state index contributed by atoms with van der Waals surface area (Å²) in [6, 6.07) is 3.73. The molecule has 2 fully saturated rings. The molecule has 2 heterocycles. The van der Waals surface area contributed by atoms with E-state index in [2.05, 4.69) is 4.90 Å². The minimum Gasteiger partial charge on any atom is -0.493 e. The highest BCUT2D eigenvalue weighted by Gasteiger charge is 2.40. The summed E-state index contributed by atoms with van der Waals surface area (Å²) in [5.41, 5.74) is 6.34. The van der Waals surface area contributed by atoms with Crippen LogP contribution in [0.15, 0.2) is 12.1 Å². The third-order valence-corrected chi connectivity index (χ3v) is 5.94. The first-order valence-corrected chi connectivity index (χ1v) is 9.93. The maximum atomic E-state index is 11.9. The molecule has 2 amide bonds. The maximum Gasteiger partial charge on any atom is 0.255 e. The number of carbonyl (C=O) groups excluding carboxylic acids is 2. The molecule has 1 aromatic rings. The highest BCUT2D eigenvalue weighted by atomic mass is 35.5. The average molecular weight is 410 g/mol. The number of rotatable bonds is 6. The summed E-state index contributed by atoms with van der Waals surface area (Å²) in [5.74, 6) is 0.482. The summed E-state index contributed by atoms with van der Waals surface area (Å²) in [5, 5.41) is 0.394. The largest absolute Gasteiger partial charge is 0.493 e. The zero-order valence-corrected chi connectivity index (χ0v) is 17.3. The second-order valence-electron chi connectivity index (χ2n) is 7.93. The van der Waals surface area contributed by atoms with Crippen molar-refractivity contribution in [2.24, 2.45) is 11.1 Å². The van der Waals surface area contributed by atoms with Crippen molar-refractivity contribution in [2.45, 2.75) is 32.2 Å². The van der Waals surface area contributed by atoms with Crippen molar-refractivity contribution in [1.82, 2.24) is 9.80 Å². The van der Waals surface area contributed by atoms with Gasteiger partial charge in [0.05, 0.1) is 12.1 Å². The Morgan fingerprint density at radius 2 is 2.11 bits per heavy atom. The number of benzene rings is 1. The van der Waals surface area contributed by atoms with Gasteiger partial charge in [-0.15, -0.1) is 0 Å². The Bertz CT molecular complexity index is 757. The van der Waals surface area contributed by atoms with Gasteiger partial charge in [-0.1, -0.05) is 11.6 Å². The van der Waals surface area contributed by atoms with E-state index in [-0.39, 0.29) is 17.9 Å². The van der Waals surface area contributed by atoms with E-state index in [0.29, 0.717) is 22.9 Å². The predicted octanol–water partition coefficient (Wildman–Crippen LogP) is 2.05. The molecule has 0 radical (unpaired) electrons. The molecule has 0 bridgehead atoms. The van der Waals surface area contributed by atoms with Crippen molar-refractivity contribution in [3.8, 4) is 11.5 Å². The maximum absolute atomic E-state index is 11.9. The van der Waals surface area contributed by atoms with Crippen LogP contribution in [0, 0.1) is 5.41 Å². The molecule has 154 valence electrons. The van der Waals surface area contributed by atoms with Crippen LogP contribution in [0.4, 0.5) is 0 Å². The summed E-state index contributed by atoms with van der Waals surface area (Å²) in [6.45, 7) is 3.29. The second-order valence-corrected chi connectivity index (χ2v) is 8.34. The molecule has 1 atom stereocenters. The van der Waals surface area contributed by atoms with Gasteiger partial charge in [-0.05, 0) is 43.5 Å². The molecule has 28 heavy (non-hydrogen) atoms. The number of nitrogens with zero attached hydrogens (tertiary/aromatic N) is 2. The predicted molar refractivity (Wildman–Crippen MR) is 107 cm³/mol. The third kappa shape index (κ3) is 4.70. The van der Waals surface area contributed by atoms with Crippen LogP contribution < -0.4 is 15.2 Å². The first-order valence-electron chi connectivity index (χ1n) is 9.56. The van der Waals surface area contributed by atoms with E-state index in [0.717, 1.165) is 51.0 Å². The van der Waals surface area contributed by atoms with Crippen LogP contribution >= 0.6 is 11.6 Å². The van der Waals surface area contributed by atoms with Gasteiger partial charge in [-0.25, -0.2) is 0 Å². The Morgan fingerprint density at radius 3 is 2.79 bits per heavy atom. The van der Waals surface area contributed by atoms with E-state index in [4.69, 9.17) is 26.8 Å². The number of carbonyl (C=O) groups is 2. The molecule has 3 rings (SSSR count). The molecule has 2 aliphatic rings. The molecule has 0 unspecified atom stereocenters. The topological polar surface area (TPSA) is 85.1 Å². The van der Waals surface area contributed by atoms with Gasteiger partial charge < -0.3 is 20.1 Å². The Hall–Kier alpha value is -1.99. The zero-order chi connectivity index (χ0) is 20.3. The van der Waals surface area contributed by atoms with Crippen LogP contribution in [0.5, 0.6) is 11.5 Å². The van der Waals surface area contributed by atoms with Crippen LogP contribution in [-0.2, 0) is 16.1 Å². The van der Waals surface area contributed by atoms with E-state index in [1.807, 2.05) is 24.1 Å². The molecule has 2 N–H and O–H groups in total. The van der Waals surface area contributed by atoms with E-state index < -0.39 is 5.91 Å². The highest BCUT2D eigenvalue weighted by molar-refractivity contribution is 6.32. The molecule has 1 spiro atoms. The molecular weight excluding hydrogens is 382 g/mol. The van der Waals surface area contributed by atoms with Gasteiger partial charge in [-0.2, -0.15) is 0 Å². The number of primary amides is 1. The summed E-state index contributed by atoms with van der Waals surface area (Å²) >= 11 is 6.37. The fourth-order valence-electron chi connectivity index (χ4n) is 4.42. The highest BCUT2D eigenvalue weighted by Crippen LogP contribution is 2.40. The van der Waals surface area contributed by atoms with Crippen LogP contribution in [0.2, 0.25) is 5.02 Å². The van der Waals surface area contributed by atoms with Crippen molar-refractivity contribution < 1.29 is 19.1 Å². The lowest BCUT2D eigenvalue weighted by atomic mass is 9.73. The van der Waals surface area contributed by atoms with Gasteiger partial charge >= 0.3 is 0 Å². The monoisotopic (exact) mass is 409 g/mol. The number of halogens is 1. The molecule has 2 saturated heterocycles. The van der Waals surface area contributed by atoms with E-state index >= 15 is 0 Å². The molecule has 7 nitrogen and oxygen atoms in total. The number of ether oxygens (including phenoxy) is 2. The quantitative estimate of drug-likeness (QED) is 0.777. The Balaban J connectivity index is 1.71. The first kappa shape index (κ1) is 20.7. The molecule has 2 aliphatic heterocycles. The fraction of sp³-hybridized carbons (Fsp3) is 0.600. The molecular formula is C20H28ClN3O4. The molecule has 1 aromatic carbocycles. The summed E-state index contributed by atoms with van der Waals surface area (Å²) in [7, 11) is 3.44. The lowest BCUT2D eigenvalue weighted by Gasteiger charge is -2.47. The molecule has 0 aromatic heterocycles. The number of nitrogens with two attached hydrogens (primary N) is 1. The SMILES string of the molecule is COc1cc(CN2CCC[C@@]3(CCC(=O)N(C)C3)C2)cc(Cl)c1OCC(N)=O. The van der Waals surface area contributed by atoms with Gasteiger partial charge in [0.25, 0.3) is 5.91 Å². The number of hydrogen-bond acceptors (Lipinski definition) is 5. The minimum absolute atomic E-state index is 0.180. The Kier molecular flexibility index (Phi) is 6.35. The van der Waals surface area contributed by atoms with Gasteiger partial charge in [0.1, 0.15) is 0 Å². The van der Waals surface area contributed by atoms with E-state index in [1.54, 1.807) is 0 Å². The number of methoxy groups -OCH3 is 1.